The van der Waals surface area contributed by atoms with Crippen LogP contribution in [0.3, 0.4) is 0 Å². The third-order valence-electron chi connectivity index (χ3n) is 5.14. The Hall–Kier alpha value is -2.91. The molecule has 5 heterocycles. The van der Waals surface area contributed by atoms with Gasteiger partial charge in [0, 0.05) is 41.8 Å². The van der Waals surface area contributed by atoms with Gasteiger partial charge in [0.2, 0.25) is 0 Å². The summed E-state index contributed by atoms with van der Waals surface area (Å²) in [5.74, 6) is 0.378. The van der Waals surface area contributed by atoms with Crippen LogP contribution in [0.4, 0.5) is 14.5 Å². The fraction of sp³-hybridized carbons (Fsp3) is 0.300. The maximum absolute atomic E-state index is 13.4. The molecular weight excluding hydrogens is 414 g/mol. The van der Waals surface area contributed by atoms with E-state index >= 15 is 0 Å². The number of hydrogen-bond acceptors (Lipinski definition) is 6. The van der Waals surface area contributed by atoms with E-state index < -0.39 is 6.43 Å². The lowest BCUT2D eigenvalue weighted by atomic mass is 10.1. The van der Waals surface area contributed by atoms with E-state index in [9.17, 15) is 8.78 Å². The molecule has 1 fully saturated rings. The summed E-state index contributed by atoms with van der Waals surface area (Å²) < 4.78 is 34.0. The van der Waals surface area contributed by atoms with Crippen molar-refractivity contribution >= 4 is 33.7 Å². The molecule has 4 aromatic heterocycles. The second-order valence-electron chi connectivity index (χ2n) is 7.16. The molecule has 1 saturated heterocycles. The SMILES string of the molecule is C[C@@H]1CN(c2ccc3nc(-c4cnc(C(F)F)c5cnc(Cl)cc45)nn3c2)CCO1. The Bertz CT molecular complexity index is 1250. The quantitative estimate of drug-likeness (QED) is 0.455. The van der Waals surface area contributed by atoms with E-state index in [4.69, 9.17) is 16.3 Å². The highest BCUT2D eigenvalue weighted by Crippen LogP contribution is 2.33. The summed E-state index contributed by atoms with van der Waals surface area (Å²) >= 11 is 6.03. The molecule has 1 aliphatic rings. The summed E-state index contributed by atoms with van der Waals surface area (Å²) in [4.78, 5) is 14.7. The van der Waals surface area contributed by atoms with Crippen LogP contribution in [0, 0.1) is 0 Å². The van der Waals surface area contributed by atoms with Crippen molar-refractivity contribution < 1.29 is 13.5 Å². The van der Waals surface area contributed by atoms with E-state index in [-0.39, 0.29) is 22.3 Å². The van der Waals surface area contributed by atoms with E-state index in [1.165, 1.54) is 18.5 Å². The zero-order valence-electron chi connectivity index (χ0n) is 16.0. The minimum Gasteiger partial charge on any atom is -0.375 e. The van der Waals surface area contributed by atoms with E-state index in [1.807, 2.05) is 25.3 Å². The Morgan fingerprint density at radius 1 is 1.20 bits per heavy atom. The Morgan fingerprint density at radius 2 is 2.07 bits per heavy atom. The van der Waals surface area contributed by atoms with Gasteiger partial charge in [-0.2, -0.15) is 0 Å². The van der Waals surface area contributed by atoms with Crippen molar-refractivity contribution in [3.05, 3.63) is 47.6 Å². The van der Waals surface area contributed by atoms with Gasteiger partial charge in [-0.05, 0) is 25.1 Å². The Morgan fingerprint density at radius 3 is 2.87 bits per heavy atom. The molecule has 0 bridgehead atoms. The minimum atomic E-state index is -2.72. The molecule has 10 heteroatoms. The maximum Gasteiger partial charge on any atom is 0.281 e. The highest BCUT2D eigenvalue weighted by molar-refractivity contribution is 6.30. The summed E-state index contributed by atoms with van der Waals surface area (Å²) in [5, 5.41) is 5.48. The minimum absolute atomic E-state index is 0.157. The Balaban J connectivity index is 1.60. The summed E-state index contributed by atoms with van der Waals surface area (Å²) in [6.45, 7) is 4.30. The molecule has 0 radical (unpaired) electrons. The number of alkyl halides is 2. The molecular formula is C20H17ClF2N6O. The number of anilines is 1. The van der Waals surface area contributed by atoms with Crippen LogP contribution in [0.2, 0.25) is 5.15 Å². The lowest BCUT2D eigenvalue weighted by molar-refractivity contribution is 0.0532. The van der Waals surface area contributed by atoms with Gasteiger partial charge in [-0.1, -0.05) is 11.6 Å². The van der Waals surface area contributed by atoms with Crippen LogP contribution in [0.5, 0.6) is 0 Å². The zero-order valence-corrected chi connectivity index (χ0v) is 16.7. The number of pyridine rings is 3. The predicted molar refractivity (Wildman–Crippen MR) is 109 cm³/mol. The summed E-state index contributed by atoms with van der Waals surface area (Å²) in [5.41, 5.74) is 1.83. The number of nitrogens with zero attached hydrogens (tertiary/aromatic N) is 6. The van der Waals surface area contributed by atoms with Gasteiger partial charge in [0.25, 0.3) is 6.43 Å². The van der Waals surface area contributed by atoms with Gasteiger partial charge in [-0.3, -0.25) is 4.98 Å². The zero-order chi connectivity index (χ0) is 20.8. The normalized spacial score (nSPS) is 17.4. The lowest BCUT2D eigenvalue weighted by Crippen LogP contribution is -2.41. The topological polar surface area (TPSA) is 68.4 Å². The highest BCUT2D eigenvalue weighted by Gasteiger charge is 2.20. The van der Waals surface area contributed by atoms with E-state index in [0.717, 1.165) is 18.8 Å². The average molecular weight is 431 g/mol. The molecule has 0 aliphatic carbocycles. The molecule has 0 aromatic carbocycles. The number of ether oxygens (including phenoxy) is 1. The second kappa shape index (κ2) is 7.41. The van der Waals surface area contributed by atoms with Gasteiger partial charge in [-0.15, -0.1) is 5.10 Å². The monoisotopic (exact) mass is 430 g/mol. The Labute approximate surface area is 175 Å². The van der Waals surface area contributed by atoms with E-state index in [1.54, 1.807) is 4.52 Å². The summed E-state index contributed by atoms with van der Waals surface area (Å²) in [6, 6.07) is 5.40. The summed E-state index contributed by atoms with van der Waals surface area (Å²) in [6.07, 6.45) is 2.01. The van der Waals surface area contributed by atoms with Crippen molar-refractivity contribution in [2.45, 2.75) is 19.5 Å². The van der Waals surface area contributed by atoms with Crippen molar-refractivity contribution in [2.75, 3.05) is 24.6 Å². The third kappa shape index (κ3) is 3.33. The molecule has 0 unspecified atom stereocenters. The predicted octanol–water partition coefficient (Wildman–Crippen LogP) is 4.16. The first-order chi connectivity index (χ1) is 14.5. The molecule has 1 aliphatic heterocycles. The second-order valence-corrected chi connectivity index (χ2v) is 7.55. The molecule has 30 heavy (non-hydrogen) atoms. The molecule has 4 aromatic rings. The van der Waals surface area contributed by atoms with Crippen LogP contribution in [0.25, 0.3) is 27.8 Å². The molecule has 0 spiro atoms. The number of rotatable bonds is 3. The van der Waals surface area contributed by atoms with Gasteiger partial charge in [0.15, 0.2) is 11.5 Å². The lowest BCUT2D eigenvalue weighted by Gasteiger charge is -2.32. The van der Waals surface area contributed by atoms with Gasteiger partial charge in [-0.25, -0.2) is 23.3 Å². The fourth-order valence-electron chi connectivity index (χ4n) is 3.71. The number of morpholine rings is 1. The van der Waals surface area contributed by atoms with Gasteiger partial charge < -0.3 is 9.64 Å². The van der Waals surface area contributed by atoms with Crippen LogP contribution in [0.15, 0.2) is 36.8 Å². The maximum atomic E-state index is 13.4. The van der Waals surface area contributed by atoms with Crippen molar-refractivity contribution in [1.82, 2.24) is 24.6 Å². The molecule has 0 amide bonds. The largest absolute Gasteiger partial charge is 0.375 e. The molecule has 1 atom stereocenters. The smallest absolute Gasteiger partial charge is 0.281 e. The number of hydrogen-bond donors (Lipinski definition) is 0. The van der Waals surface area contributed by atoms with Gasteiger partial charge in [0.1, 0.15) is 10.8 Å². The van der Waals surface area contributed by atoms with Crippen LogP contribution in [0.1, 0.15) is 19.0 Å². The first-order valence-electron chi connectivity index (χ1n) is 9.45. The molecule has 5 rings (SSSR count). The number of aromatic nitrogens is 5. The first kappa shape index (κ1) is 19.1. The number of fused-ring (bicyclic) bond motifs is 2. The van der Waals surface area contributed by atoms with Crippen LogP contribution in [-0.2, 0) is 4.74 Å². The standard InChI is InChI=1S/C20H17ClF2N6O/c1-11-9-28(4-5-30-11)12-2-3-17-26-20(27-29(17)10-12)15-8-25-18(19(22)23)14-7-24-16(21)6-13(14)15/h2-3,6-8,10-11,19H,4-5,9H2,1H3/t11-/m1/s1. The third-order valence-corrected chi connectivity index (χ3v) is 5.35. The van der Waals surface area contributed by atoms with Crippen LogP contribution in [-0.4, -0.2) is 50.4 Å². The molecule has 7 nitrogen and oxygen atoms in total. The molecule has 154 valence electrons. The van der Waals surface area contributed by atoms with Crippen LogP contribution >= 0.6 is 11.6 Å². The molecule has 0 saturated carbocycles. The van der Waals surface area contributed by atoms with E-state index in [2.05, 4.69) is 25.0 Å². The molecule has 0 N–H and O–H groups in total. The van der Waals surface area contributed by atoms with Crippen molar-refractivity contribution in [3.8, 4) is 11.4 Å². The van der Waals surface area contributed by atoms with Crippen LogP contribution < -0.4 is 4.90 Å². The Kier molecular flexibility index (Phi) is 4.71. The first-order valence-corrected chi connectivity index (χ1v) is 9.83. The highest BCUT2D eigenvalue weighted by atomic mass is 35.5. The van der Waals surface area contributed by atoms with Gasteiger partial charge in [0.05, 0.1) is 24.6 Å². The fourth-order valence-corrected chi connectivity index (χ4v) is 3.87. The van der Waals surface area contributed by atoms with Crippen molar-refractivity contribution in [3.63, 3.8) is 0 Å². The van der Waals surface area contributed by atoms with Crippen molar-refractivity contribution in [1.29, 1.82) is 0 Å². The number of halogens is 3. The average Bonchev–Trinajstić information content (AvgIpc) is 3.15. The van der Waals surface area contributed by atoms with Gasteiger partial charge >= 0.3 is 0 Å². The summed E-state index contributed by atoms with van der Waals surface area (Å²) in [7, 11) is 0. The van der Waals surface area contributed by atoms with Crippen molar-refractivity contribution in [2.24, 2.45) is 0 Å². The van der Waals surface area contributed by atoms with E-state index in [0.29, 0.717) is 29.0 Å².